The van der Waals surface area contributed by atoms with E-state index >= 15 is 0 Å². The molecule has 3 heteroatoms. The number of halogens is 1. The first-order chi connectivity index (χ1) is 6.22. The van der Waals surface area contributed by atoms with Crippen molar-refractivity contribution in [3.8, 4) is 0 Å². The van der Waals surface area contributed by atoms with Gasteiger partial charge in [-0.2, -0.15) is 0 Å². The smallest absolute Gasteiger partial charge is 0.0804 e. The lowest BCUT2D eigenvalue weighted by Crippen LogP contribution is -2.23. The van der Waals surface area contributed by atoms with Crippen LogP contribution in [0, 0.1) is 0 Å². The van der Waals surface area contributed by atoms with Gasteiger partial charge in [0.05, 0.1) is 12.1 Å². The summed E-state index contributed by atoms with van der Waals surface area (Å²) < 4.78 is 6.41. The summed E-state index contributed by atoms with van der Waals surface area (Å²) in [6.45, 7) is 0. The number of benzene rings is 1. The van der Waals surface area contributed by atoms with Gasteiger partial charge < -0.3 is 10.5 Å². The minimum absolute atomic E-state index is 0.0353. The van der Waals surface area contributed by atoms with Gasteiger partial charge in [0.15, 0.2) is 0 Å². The van der Waals surface area contributed by atoms with Crippen LogP contribution in [-0.4, -0.2) is 13.2 Å². The summed E-state index contributed by atoms with van der Waals surface area (Å²) in [6.07, 6.45) is 1.07. The van der Waals surface area contributed by atoms with Gasteiger partial charge in [-0.3, -0.25) is 0 Å². The Bertz CT molecular complexity index is 327. The van der Waals surface area contributed by atoms with Crippen molar-refractivity contribution in [1.82, 2.24) is 0 Å². The molecule has 0 aliphatic heterocycles. The molecule has 2 unspecified atom stereocenters. The van der Waals surface area contributed by atoms with E-state index in [1.807, 2.05) is 6.07 Å². The molecule has 2 atom stereocenters. The highest BCUT2D eigenvalue weighted by molar-refractivity contribution is 9.10. The molecule has 1 aliphatic carbocycles. The van der Waals surface area contributed by atoms with Crippen LogP contribution < -0.4 is 5.73 Å². The standard InChI is InChI=1S/C10H12BrNO/c1-13-9-5-6-4-7(11)2-3-8(6)10(9)12/h2-4,9-10H,5,12H2,1H3. The minimum Gasteiger partial charge on any atom is -0.379 e. The molecule has 70 valence electrons. The van der Waals surface area contributed by atoms with Crippen LogP contribution in [0.5, 0.6) is 0 Å². The Morgan fingerprint density at radius 2 is 2.31 bits per heavy atom. The van der Waals surface area contributed by atoms with E-state index in [1.54, 1.807) is 7.11 Å². The summed E-state index contributed by atoms with van der Waals surface area (Å²) in [6, 6.07) is 6.25. The van der Waals surface area contributed by atoms with Crippen LogP contribution in [0.15, 0.2) is 22.7 Å². The van der Waals surface area contributed by atoms with Gasteiger partial charge in [0.25, 0.3) is 0 Å². The lowest BCUT2D eigenvalue weighted by Gasteiger charge is -2.13. The molecule has 0 heterocycles. The van der Waals surface area contributed by atoms with Crippen molar-refractivity contribution in [2.45, 2.75) is 18.6 Å². The van der Waals surface area contributed by atoms with E-state index in [0.29, 0.717) is 0 Å². The summed E-state index contributed by atoms with van der Waals surface area (Å²) in [4.78, 5) is 0. The molecule has 1 aromatic rings. The molecule has 0 radical (unpaired) electrons. The number of hydrogen-bond donors (Lipinski definition) is 1. The van der Waals surface area contributed by atoms with Crippen LogP contribution in [0.2, 0.25) is 0 Å². The van der Waals surface area contributed by atoms with Crippen molar-refractivity contribution in [2.24, 2.45) is 5.73 Å². The van der Waals surface area contributed by atoms with Crippen molar-refractivity contribution < 1.29 is 4.74 Å². The number of fused-ring (bicyclic) bond motifs is 1. The van der Waals surface area contributed by atoms with Crippen molar-refractivity contribution >= 4 is 15.9 Å². The number of nitrogens with two attached hydrogens (primary N) is 1. The molecule has 13 heavy (non-hydrogen) atoms. The van der Waals surface area contributed by atoms with E-state index in [9.17, 15) is 0 Å². The third-order valence-corrected chi connectivity index (χ3v) is 3.08. The second-order valence-corrected chi connectivity index (χ2v) is 4.26. The fourth-order valence-corrected chi connectivity index (χ4v) is 2.26. The maximum Gasteiger partial charge on any atom is 0.0804 e. The molecule has 0 saturated carbocycles. The number of ether oxygens (including phenoxy) is 1. The Morgan fingerprint density at radius 3 is 3.00 bits per heavy atom. The zero-order valence-corrected chi connectivity index (χ0v) is 9.04. The molecule has 2 rings (SSSR count). The zero-order chi connectivity index (χ0) is 9.42. The largest absolute Gasteiger partial charge is 0.379 e. The van der Waals surface area contributed by atoms with E-state index in [1.165, 1.54) is 11.1 Å². The van der Waals surface area contributed by atoms with Gasteiger partial charge in [-0.15, -0.1) is 0 Å². The quantitative estimate of drug-likeness (QED) is 0.817. The molecular weight excluding hydrogens is 230 g/mol. The molecule has 0 fully saturated rings. The molecule has 1 aromatic carbocycles. The van der Waals surface area contributed by atoms with Crippen LogP contribution in [0.25, 0.3) is 0 Å². The fraction of sp³-hybridized carbons (Fsp3) is 0.400. The number of rotatable bonds is 1. The third kappa shape index (κ3) is 1.52. The minimum atomic E-state index is 0.0353. The molecule has 0 aromatic heterocycles. The molecule has 2 nitrogen and oxygen atoms in total. The highest BCUT2D eigenvalue weighted by Gasteiger charge is 2.29. The summed E-state index contributed by atoms with van der Waals surface area (Å²) >= 11 is 3.45. The van der Waals surface area contributed by atoms with Gasteiger partial charge in [0.1, 0.15) is 0 Å². The second-order valence-electron chi connectivity index (χ2n) is 3.35. The summed E-state index contributed by atoms with van der Waals surface area (Å²) in [5, 5.41) is 0. The second kappa shape index (κ2) is 3.40. The molecular formula is C10H12BrNO. The predicted molar refractivity (Wildman–Crippen MR) is 55.6 cm³/mol. The molecule has 2 N–H and O–H groups in total. The van der Waals surface area contributed by atoms with E-state index in [-0.39, 0.29) is 12.1 Å². The van der Waals surface area contributed by atoms with E-state index in [0.717, 1.165) is 10.9 Å². The van der Waals surface area contributed by atoms with Crippen LogP contribution in [0.3, 0.4) is 0 Å². The highest BCUT2D eigenvalue weighted by atomic mass is 79.9. The molecule has 0 amide bonds. The molecule has 1 aliphatic rings. The van der Waals surface area contributed by atoms with Crippen molar-refractivity contribution in [2.75, 3.05) is 7.11 Å². The van der Waals surface area contributed by atoms with Crippen LogP contribution >= 0.6 is 15.9 Å². The van der Waals surface area contributed by atoms with Crippen LogP contribution in [0.4, 0.5) is 0 Å². The maximum absolute atomic E-state index is 6.01. The summed E-state index contributed by atoms with van der Waals surface area (Å²) in [5.74, 6) is 0. The Hall–Kier alpha value is -0.380. The van der Waals surface area contributed by atoms with E-state index in [2.05, 4.69) is 28.1 Å². The van der Waals surface area contributed by atoms with E-state index in [4.69, 9.17) is 10.5 Å². The lowest BCUT2D eigenvalue weighted by molar-refractivity contribution is 0.0907. The number of methoxy groups -OCH3 is 1. The van der Waals surface area contributed by atoms with Crippen LogP contribution in [-0.2, 0) is 11.2 Å². The first kappa shape index (κ1) is 9.19. The topological polar surface area (TPSA) is 35.2 Å². The molecule has 0 spiro atoms. The maximum atomic E-state index is 6.01. The van der Waals surface area contributed by atoms with Gasteiger partial charge >= 0.3 is 0 Å². The van der Waals surface area contributed by atoms with Gasteiger partial charge in [0, 0.05) is 18.0 Å². The first-order valence-electron chi connectivity index (χ1n) is 4.29. The Balaban J connectivity index is 2.38. The van der Waals surface area contributed by atoms with Crippen molar-refractivity contribution in [3.05, 3.63) is 33.8 Å². The summed E-state index contributed by atoms with van der Waals surface area (Å²) in [7, 11) is 1.71. The van der Waals surface area contributed by atoms with Crippen LogP contribution in [0.1, 0.15) is 17.2 Å². The third-order valence-electron chi connectivity index (χ3n) is 2.59. The SMILES string of the molecule is COC1Cc2cc(Br)ccc2C1N. The lowest BCUT2D eigenvalue weighted by atomic mass is 10.1. The fourth-order valence-electron chi connectivity index (χ4n) is 1.85. The zero-order valence-electron chi connectivity index (χ0n) is 7.46. The highest BCUT2D eigenvalue weighted by Crippen LogP contribution is 2.32. The van der Waals surface area contributed by atoms with Gasteiger partial charge in [-0.25, -0.2) is 0 Å². The van der Waals surface area contributed by atoms with E-state index < -0.39 is 0 Å². The first-order valence-corrected chi connectivity index (χ1v) is 5.08. The van der Waals surface area contributed by atoms with Gasteiger partial charge in [-0.1, -0.05) is 22.0 Å². The average Bonchev–Trinajstić information content (AvgIpc) is 2.42. The normalized spacial score (nSPS) is 26.1. The van der Waals surface area contributed by atoms with Crippen molar-refractivity contribution in [1.29, 1.82) is 0 Å². The number of hydrogen-bond acceptors (Lipinski definition) is 2. The average molecular weight is 242 g/mol. The monoisotopic (exact) mass is 241 g/mol. The summed E-state index contributed by atoms with van der Waals surface area (Å²) in [5.41, 5.74) is 8.53. The Labute approximate surface area is 86.2 Å². The van der Waals surface area contributed by atoms with Crippen molar-refractivity contribution in [3.63, 3.8) is 0 Å². The predicted octanol–water partition coefficient (Wildman–Crippen LogP) is 2.02. The molecule has 0 saturated heterocycles. The van der Waals surface area contributed by atoms with Gasteiger partial charge in [0.2, 0.25) is 0 Å². The Kier molecular flexibility index (Phi) is 2.41. The Morgan fingerprint density at radius 1 is 1.54 bits per heavy atom. The van der Waals surface area contributed by atoms with Gasteiger partial charge in [-0.05, 0) is 23.3 Å². The molecule has 0 bridgehead atoms.